The molecule has 0 saturated heterocycles. The second kappa shape index (κ2) is 13.9. The molecule has 2 N–H and O–H groups in total. The van der Waals surface area contributed by atoms with E-state index in [1.807, 2.05) is 63.4 Å². The number of anilines is 1. The van der Waals surface area contributed by atoms with Crippen molar-refractivity contribution in [3.05, 3.63) is 64.7 Å². The van der Waals surface area contributed by atoms with E-state index in [1.165, 1.54) is 16.7 Å². The number of hydrogen-bond acceptors (Lipinski definition) is 6. The molecule has 2 rings (SSSR count). The molecule has 204 valence electrons. The van der Waals surface area contributed by atoms with Crippen molar-refractivity contribution >= 4 is 35.4 Å². The molecule has 0 radical (unpaired) electrons. The van der Waals surface area contributed by atoms with Crippen LogP contribution < -0.4 is 10.6 Å². The van der Waals surface area contributed by atoms with Crippen molar-refractivity contribution < 1.29 is 19.1 Å². The summed E-state index contributed by atoms with van der Waals surface area (Å²) in [5.74, 6) is -0.398. The summed E-state index contributed by atoms with van der Waals surface area (Å²) < 4.78 is 5.39. The van der Waals surface area contributed by atoms with Crippen molar-refractivity contribution in [1.29, 1.82) is 5.26 Å². The van der Waals surface area contributed by atoms with Crippen molar-refractivity contribution in [3.8, 4) is 6.07 Å². The van der Waals surface area contributed by atoms with Crippen LogP contribution in [-0.2, 0) is 14.3 Å². The fraction of sp³-hybridized carbons (Fsp3) is 0.448. The molecule has 3 amide bonds. The summed E-state index contributed by atoms with van der Waals surface area (Å²) in [7, 11) is 0. The number of ether oxygens (including phenoxy) is 1. The Morgan fingerprint density at radius 1 is 1.05 bits per heavy atom. The molecule has 2 aromatic carbocycles. The molecule has 8 nitrogen and oxygen atoms in total. The lowest BCUT2D eigenvalue weighted by Crippen LogP contribution is -2.52. The molecule has 2 aromatic rings. The molecule has 0 aliphatic carbocycles. The molecular weight excluding hydrogens is 500 g/mol. The largest absolute Gasteiger partial charge is 0.444 e. The van der Waals surface area contributed by atoms with Crippen LogP contribution in [0.1, 0.15) is 55.5 Å². The third-order valence-corrected chi connectivity index (χ3v) is 6.67. The number of nitrogens with one attached hydrogen (secondary N) is 2. The number of aryl methyl sites for hydroxylation is 2. The summed E-state index contributed by atoms with van der Waals surface area (Å²) in [5, 5.41) is 15.3. The van der Waals surface area contributed by atoms with Gasteiger partial charge in [-0.25, -0.2) is 4.79 Å². The predicted octanol–water partition coefficient (Wildman–Crippen LogP) is 5.29. The van der Waals surface area contributed by atoms with Crippen LogP contribution in [0.4, 0.5) is 10.5 Å². The number of alkyl carbamates (subject to hydrolysis) is 1. The molecule has 0 aliphatic rings. The van der Waals surface area contributed by atoms with Crippen LogP contribution in [0.2, 0.25) is 0 Å². The quantitative estimate of drug-likeness (QED) is 0.398. The third kappa shape index (κ3) is 8.52. The number of nitriles is 1. The number of carbonyl (C=O) groups is 3. The van der Waals surface area contributed by atoms with Crippen LogP contribution in [0, 0.1) is 32.1 Å². The van der Waals surface area contributed by atoms with Crippen LogP contribution in [0.5, 0.6) is 0 Å². The monoisotopic (exact) mass is 538 g/mol. The molecule has 2 atom stereocenters. The minimum absolute atomic E-state index is 0.306. The van der Waals surface area contributed by atoms with E-state index in [4.69, 9.17) is 4.74 Å². The Morgan fingerprint density at radius 3 is 2.32 bits per heavy atom. The first kappa shape index (κ1) is 30.7. The predicted molar refractivity (Wildman–Crippen MR) is 152 cm³/mol. The Hall–Kier alpha value is -3.51. The average molecular weight is 539 g/mol. The molecule has 0 saturated carbocycles. The highest BCUT2D eigenvalue weighted by Crippen LogP contribution is 2.29. The number of benzene rings is 2. The molecule has 9 heteroatoms. The van der Waals surface area contributed by atoms with E-state index in [-0.39, 0.29) is 6.54 Å². The van der Waals surface area contributed by atoms with Gasteiger partial charge in [0.15, 0.2) is 0 Å². The van der Waals surface area contributed by atoms with Gasteiger partial charge in [0.05, 0.1) is 6.07 Å². The molecule has 0 heterocycles. The SMILES string of the molecule is CSCCC(NC(=O)OC(C)(C)C)C(=O)N(CC#N)C(C(=O)Nc1ccccc1C)c1cccc(C)c1C. The van der Waals surface area contributed by atoms with Crippen LogP contribution >= 0.6 is 11.8 Å². The lowest BCUT2D eigenvalue weighted by molar-refractivity contribution is -0.140. The fourth-order valence-electron chi connectivity index (χ4n) is 3.95. The summed E-state index contributed by atoms with van der Waals surface area (Å²) >= 11 is 1.52. The van der Waals surface area contributed by atoms with E-state index in [0.29, 0.717) is 23.4 Å². The number of nitrogens with zero attached hydrogens (tertiary/aromatic N) is 2. The number of thioether (sulfide) groups is 1. The highest BCUT2D eigenvalue weighted by atomic mass is 32.2. The maximum absolute atomic E-state index is 14.0. The number of rotatable bonds is 10. The van der Waals surface area contributed by atoms with E-state index in [1.54, 1.807) is 32.9 Å². The first-order chi connectivity index (χ1) is 17.9. The van der Waals surface area contributed by atoms with E-state index in [0.717, 1.165) is 16.7 Å². The van der Waals surface area contributed by atoms with Crippen LogP contribution in [0.25, 0.3) is 0 Å². The summed E-state index contributed by atoms with van der Waals surface area (Å²) in [6, 6.07) is 12.9. The Balaban J connectivity index is 2.56. The lowest BCUT2D eigenvalue weighted by Gasteiger charge is -2.34. The lowest BCUT2D eigenvalue weighted by atomic mass is 9.94. The topological polar surface area (TPSA) is 112 Å². The van der Waals surface area contributed by atoms with E-state index < -0.39 is 35.6 Å². The summed E-state index contributed by atoms with van der Waals surface area (Å²) in [6.07, 6.45) is 1.47. The highest BCUT2D eigenvalue weighted by Gasteiger charge is 2.37. The van der Waals surface area contributed by atoms with Crippen molar-refractivity contribution in [2.24, 2.45) is 0 Å². The molecular formula is C29H38N4O4S. The van der Waals surface area contributed by atoms with E-state index >= 15 is 0 Å². The zero-order valence-corrected chi connectivity index (χ0v) is 24.1. The van der Waals surface area contributed by atoms with Crippen molar-refractivity contribution in [2.75, 3.05) is 23.9 Å². The second-order valence-corrected chi connectivity index (χ2v) is 11.1. The fourth-order valence-corrected chi connectivity index (χ4v) is 4.42. The first-order valence-electron chi connectivity index (χ1n) is 12.5. The van der Waals surface area contributed by atoms with Crippen LogP contribution in [-0.4, -0.2) is 53.0 Å². The Kier molecular flexibility index (Phi) is 11.2. The van der Waals surface area contributed by atoms with Gasteiger partial charge >= 0.3 is 6.09 Å². The van der Waals surface area contributed by atoms with Gasteiger partial charge in [-0.15, -0.1) is 0 Å². The smallest absolute Gasteiger partial charge is 0.408 e. The minimum atomic E-state index is -1.10. The van der Waals surface area contributed by atoms with Gasteiger partial charge in [0.25, 0.3) is 5.91 Å². The van der Waals surface area contributed by atoms with Gasteiger partial charge < -0.3 is 20.3 Å². The van der Waals surface area contributed by atoms with Crippen molar-refractivity contribution in [2.45, 2.75) is 65.6 Å². The molecule has 0 spiro atoms. The average Bonchev–Trinajstić information content (AvgIpc) is 2.83. The Bertz CT molecular complexity index is 1190. The number of para-hydroxylation sites is 1. The van der Waals surface area contributed by atoms with Gasteiger partial charge in [0.1, 0.15) is 24.2 Å². The standard InChI is InChI=1S/C29H38N4O4S/c1-19-12-10-13-22(21(19)3)25(26(34)31-23-14-9-8-11-20(23)2)33(17-16-30)27(35)24(15-18-38-7)32-28(36)37-29(4,5)6/h8-14,24-25H,15,17-18H2,1-7H3,(H,31,34)(H,32,36). The molecule has 38 heavy (non-hydrogen) atoms. The number of carbonyl (C=O) groups excluding carboxylic acids is 3. The zero-order valence-electron chi connectivity index (χ0n) is 23.3. The Labute approximate surface area is 230 Å². The summed E-state index contributed by atoms with van der Waals surface area (Å²) in [6.45, 7) is 10.6. The minimum Gasteiger partial charge on any atom is -0.444 e. The molecule has 0 aliphatic heterocycles. The molecule has 0 bridgehead atoms. The van der Waals surface area contributed by atoms with Gasteiger partial charge in [-0.1, -0.05) is 36.4 Å². The maximum atomic E-state index is 14.0. The van der Waals surface area contributed by atoms with E-state index in [9.17, 15) is 19.6 Å². The van der Waals surface area contributed by atoms with Gasteiger partial charge in [-0.2, -0.15) is 17.0 Å². The summed E-state index contributed by atoms with van der Waals surface area (Å²) in [5.41, 5.74) is 3.13. The van der Waals surface area contributed by atoms with Gasteiger partial charge in [0.2, 0.25) is 5.91 Å². The second-order valence-electron chi connectivity index (χ2n) is 10.1. The van der Waals surface area contributed by atoms with Crippen LogP contribution in [0.15, 0.2) is 42.5 Å². The third-order valence-electron chi connectivity index (χ3n) is 6.03. The zero-order chi connectivity index (χ0) is 28.5. The highest BCUT2D eigenvalue weighted by molar-refractivity contribution is 7.98. The van der Waals surface area contributed by atoms with Crippen molar-refractivity contribution in [1.82, 2.24) is 10.2 Å². The maximum Gasteiger partial charge on any atom is 0.408 e. The molecule has 0 fully saturated rings. The number of amides is 3. The normalized spacial score (nSPS) is 12.6. The molecule has 2 unspecified atom stereocenters. The van der Waals surface area contributed by atoms with E-state index in [2.05, 4.69) is 10.6 Å². The van der Waals surface area contributed by atoms with Gasteiger partial charge in [-0.3, -0.25) is 9.59 Å². The van der Waals surface area contributed by atoms with Crippen molar-refractivity contribution in [3.63, 3.8) is 0 Å². The first-order valence-corrected chi connectivity index (χ1v) is 13.9. The summed E-state index contributed by atoms with van der Waals surface area (Å²) in [4.78, 5) is 41.7. The van der Waals surface area contributed by atoms with Gasteiger partial charge in [-0.05, 0) is 88.3 Å². The van der Waals surface area contributed by atoms with Gasteiger partial charge in [0, 0.05) is 5.69 Å². The molecule has 0 aromatic heterocycles. The number of hydrogen-bond donors (Lipinski definition) is 2. The van der Waals surface area contributed by atoms with Crippen LogP contribution in [0.3, 0.4) is 0 Å². The Morgan fingerprint density at radius 2 is 1.71 bits per heavy atom.